The van der Waals surface area contributed by atoms with Crippen molar-refractivity contribution < 1.29 is 41.4 Å². The first-order chi connectivity index (χ1) is 22.7. The van der Waals surface area contributed by atoms with Crippen LogP contribution in [0.1, 0.15) is 60.3 Å². The highest BCUT2D eigenvalue weighted by Crippen LogP contribution is 2.44. The van der Waals surface area contributed by atoms with Crippen molar-refractivity contribution in [2.24, 2.45) is 5.92 Å². The maximum atomic E-state index is 15.0. The number of hydrogen-bond acceptors (Lipinski definition) is 6. The lowest BCUT2D eigenvalue weighted by Gasteiger charge is -2.35. The number of hydrogen-bond donors (Lipinski definition) is 1. The Bertz CT molecular complexity index is 1620. The van der Waals surface area contributed by atoms with Crippen LogP contribution in [0.25, 0.3) is 5.69 Å². The Hall–Kier alpha value is -3.62. The van der Waals surface area contributed by atoms with Crippen LogP contribution in [-0.2, 0) is 14.3 Å². The van der Waals surface area contributed by atoms with Gasteiger partial charge in [0.25, 0.3) is 0 Å². The van der Waals surface area contributed by atoms with Gasteiger partial charge in [0.05, 0.1) is 18.9 Å². The van der Waals surface area contributed by atoms with Crippen molar-refractivity contribution >= 4 is 23.5 Å². The summed E-state index contributed by atoms with van der Waals surface area (Å²) in [4.78, 5) is 32.0. The van der Waals surface area contributed by atoms with Crippen molar-refractivity contribution in [3.63, 3.8) is 0 Å². The lowest BCUT2D eigenvalue weighted by molar-refractivity contribution is -0.192. The average molecular weight is 698 g/mol. The molecule has 1 aromatic heterocycles. The number of carboxylic acid groups (broad SMARTS) is 1. The monoisotopic (exact) mass is 697 g/mol. The van der Waals surface area contributed by atoms with Gasteiger partial charge in [-0.05, 0) is 80.8 Å². The summed E-state index contributed by atoms with van der Waals surface area (Å²) in [5, 5.41) is 12.5. The minimum absolute atomic E-state index is 0.0684. The molecule has 9 nitrogen and oxygen atoms in total. The number of carbonyl (C=O) groups is 2. The van der Waals surface area contributed by atoms with Crippen LogP contribution >= 0.6 is 11.6 Å². The molecule has 1 aliphatic carbocycles. The molecule has 1 amide bonds. The predicted octanol–water partition coefficient (Wildman–Crippen LogP) is 6.05. The predicted molar refractivity (Wildman–Crippen MR) is 166 cm³/mol. The summed E-state index contributed by atoms with van der Waals surface area (Å²) >= 11 is 6.25. The van der Waals surface area contributed by atoms with Crippen molar-refractivity contribution in [2.75, 3.05) is 39.4 Å². The van der Waals surface area contributed by atoms with Gasteiger partial charge in [-0.2, -0.15) is 18.3 Å². The van der Waals surface area contributed by atoms with Crippen molar-refractivity contribution in [1.29, 1.82) is 0 Å². The number of morpholine rings is 1. The highest BCUT2D eigenvalue weighted by molar-refractivity contribution is 6.31. The van der Waals surface area contributed by atoms with E-state index in [9.17, 15) is 26.7 Å². The summed E-state index contributed by atoms with van der Waals surface area (Å²) in [6.07, 6.45) is -2.20. The molecule has 2 saturated heterocycles. The van der Waals surface area contributed by atoms with Gasteiger partial charge in [0, 0.05) is 55.1 Å². The number of aromatic nitrogens is 3. The maximum Gasteiger partial charge on any atom is 0.490 e. The SMILES string of the molecule is Cc1nc(C2CCN(C(=O)[C@@H]3C[C@H](N4CCOCC4)C[C@H]3c3ccc(F)cc3F)CC2)n(-c2ccc(Cl)c(C)c2)n1.O=C(O)C(F)(F)F. The van der Waals surface area contributed by atoms with Gasteiger partial charge >= 0.3 is 12.1 Å². The van der Waals surface area contributed by atoms with E-state index in [0.717, 1.165) is 49.1 Å². The van der Waals surface area contributed by atoms with Gasteiger partial charge in [0.2, 0.25) is 5.91 Å². The molecule has 3 aromatic rings. The third-order valence-electron chi connectivity index (χ3n) is 9.32. The minimum atomic E-state index is -5.08. The van der Waals surface area contributed by atoms with Crippen LogP contribution in [0.4, 0.5) is 22.0 Å². The van der Waals surface area contributed by atoms with Gasteiger partial charge in [-0.25, -0.2) is 23.2 Å². The van der Waals surface area contributed by atoms with E-state index >= 15 is 0 Å². The van der Waals surface area contributed by atoms with E-state index in [1.54, 1.807) is 0 Å². The van der Waals surface area contributed by atoms with Crippen molar-refractivity contribution in [1.82, 2.24) is 24.6 Å². The summed E-state index contributed by atoms with van der Waals surface area (Å²) in [5.41, 5.74) is 2.34. The first-order valence-corrected chi connectivity index (χ1v) is 16.2. The second-order valence-corrected chi connectivity index (χ2v) is 12.8. The Labute approximate surface area is 279 Å². The van der Waals surface area contributed by atoms with Crippen LogP contribution in [0.5, 0.6) is 0 Å². The quantitative estimate of drug-likeness (QED) is 0.324. The van der Waals surface area contributed by atoms with E-state index in [1.807, 2.05) is 41.6 Å². The number of alkyl halides is 3. The largest absolute Gasteiger partial charge is 0.490 e. The third kappa shape index (κ3) is 8.15. The van der Waals surface area contributed by atoms with E-state index in [4.69, 9.17) is 31.2 Å². The van der Waals surface area contributed by atoms with Crippen molar-refractivity contribution in [3.05, 3.63) is 75.8 Å². The van der Waals surface area contributed by atoms with Crippen LogP contribution in [0.15, 0.2) is 36.4 Å². The van der Waals surface area contributed by atoms with Gasteiger partial charge in [-0.3, -0.25) is 9.69 Å². The lowest BCUT2D eigenvalue weighted by Crippen LogP contribution is -2.44. The number of amides is 1. The molecular weight excluding hydrogens is 661 g/mol. The molecule has 2 aromatic carbocycles. The number of aliphatic carboxylic acids is 1. The number of nitrogens with zero attached hydrogens (tertiary/aromatic N) is 5. The molecule has 260 valence electrons. The summed E-state index contributed by atoms with van der Waals surface area (Å²) in [6.45, 7) is 8.01. The molecule has 0 spiro atoms. The van der Waals surface area contributed by atoms with Crippen LogP contribution < -0.4 is 0 Å². The number of halogens is 6. The van der Waals surface area contributed by atoms with Crippen molar-refractivity contribution in [3.8, 4) is 5.69 Å². The second-order valence-electron chi connectivity index (χ2n) is 12.4. The fraction of sp³-hybridized carbons (Fsp3) is 0.515. The average Bonchev–Trinajstić information content (AvgIpc) is 3.67. The zero-order valence-corrected chi connectivity index (χ0v) is 27.3. The number of carboxylic acids is 1. The highest BCUT2D eigenvalue weighted by atomic mass is 35.5. The summed E-state index contributed by atoms with van der Waals surface area (Å²) in [5.74, 6) is -2.73. The second kappa shape index (κ2) is 14.9. The number of aryl methyl sites for hydroxylation is 2. The van der Waals surface area contributed by atoms with Gasteiger partial charge in [-0.1, -0.05) is 17.7 Å². The number of piperidine rings is 1. The van der Waals surface area contributed by atoms with E-state index in [0.29, 0.717) is 55.6 Å². The molecule has 0 radical (unpaired) electrons. The van der Waals surface area contributed by atoms with Gasteiger partial charge in [-0.15, -0.1) is 0 Å². The molecule has 6 rings (SSSR count). The molecule has 3 atom stereocenters. The molecule has 3 fully saturated rings. The Kier molecular flexibility index (Phi) is 11.1. The number of likely N-dealkylation sites (tertiary alicyclic amines) is 1. The molecule has 15 heteroatoms. The Morgan fingerprint density at radius 1 is 0.979 bits per heavy atom. The van der Waals surface area contributed by atoms with Crippen LogP contribution in [-0.4, -0.2) is 93.2 Å². The van der Waals surface area contributed by atoms with Gasteiger partial charge in [0.1, 0.15) is 23.3 Å². The smallest absolute Gasteiger partial charge is 0.475 e. The molecule has 3 heterocycles. The van der Waals surface area contributed by atoms with Crippen LogP contribution in [0.3, 0.4) is 0 Å². The molecule has 2 aliphatic heterocycles. The normalized spacial score (nSPS) is 22.3. The number of carbonyl (C=O) groups excluding carboxylic acids is 1. The minimum Gasteiger partial charge on any atom is -0.475 e. The van der Waals surface area contributed by atoms with Gasteiger partial charge in [0.15, 0.2) is 0 Å². The molecule has 1 N–H and O–H groups in total. The summed E-state index contributed by atoms with van der Waals surface area (Å²) in [7, 11) is 0. The van der Waals surface area contributed by atoms with E-state index < -0.39 is 23.8 Å². The van der Waals surface area contributed by atoms with Crippen LogP contribution in [0, 0.1) is 31.4 Å². The number of ether oxygens (including phenoxy) is 1. The molecule has 1 saturated carbocycles. The zero-order valence-electron chi connectivity index (χ0n) is 26.5. The molecular formula is C33H37ClF5N5O4. The fourth-order valence-electron chi connectivity index (χ4n) is 6.91. The zero-order chi connectivity index (χ0) is 34.7. The number of benzene rings is 2. The highest BCUT2D eigenvalue weighted by Gasteiger charge is 2.45. The van der Waals surface area contributed by atoms with E-state index in [1.165, 1.54) is 12.1 Å². The number of rotatable bonds is 5. The molecule has 48 heavy (non-hydrogen) atoms. The third-order valence-corrected chi connectivity index (χ3v) is 9.74. The van der Waals surface area contributed by atoms with E-state index in [2.05, 4.69) is 10.00 Å². The Morgan fingerprint density at radius 3 is 2.25 bits per heavy atom. The van der Waals surface area contributed by atoms with Crippen LogP contribution in [0.2, 0.25) is 5.02 Å². The summed E-state index contributed by atoms with van der Waals surface area (Å²) in [6, 6.07) is 9.77. The maximum absolute atomic E-state index is 15.0. The standard InChI is InChI=1S/C31H36ClF2N5O2.C2HF3O2/c1-19-15-23(4-6-28(19)32)39-30(35-20(2)36-39)21-7-9-38(10-8-21)31(40)27-18-24(37-11-13-41-14-12-37)17-26(27)25-5-3-22(33)16-29(25)34;3-2(4,5)1(6)7/h3-6,15-16,21,24,26-27H,7-14,17-18H2,1-2H3;(H,6,7)/t24-,26+,27-;/m1./s1. The van der Waals surface area contributed by atoms with Crippen molar-refractivity contribution in [2.45, 2.75) is 63.6 Å². The van der Waals surface area contributed by atoms with E-state index in [-0.39, 0.29) is 29.7 Å². The van der Waals surface area contributed by atoms with Gasteiger partial charge < -0.3 is 14.7 Å². The fourth-order valence-corrected chi connectivity index (χ4v) is 7.03. The lowest BCUT2D eigenvalue weighted by atomic mass is 9.86. The first-order valence-electron chi connectivity index (χ1n) is 15.8. The Balaban J connectivity index is 0.000000582. The topological polar surface area (TPSA) is 101 Å². The Morgan fingerprint density at radius 2 is 1.65 bits per heavy atom. The molecule has 0 unspecified atom stereocenters. The molecule has 3 aliphatic rings. The summed E-state index contributed by atoms with van der Waals surface area (Å²) < 4.78 is 67.9. The molecule has 0 bridgehead atoms. The first kappa shape index (κ1) is 35.7.